The SMILES string of the molecule is [2H]C1c2ccc(NC3CC(Oc4ccc(C(C)(C)c5ccc(Oc6cnc(-n7nccn7)nc6)cc5)cc4)C3)cc2C([2H])N1C1CCC(=O)NC1=O. The van der Waals surface area contributed by atoms with Gasteiger partial charge in [0.25, 0.3) is 5.95 Å². The summed E-state index contributed by atoms with van der Waals surface area (Å²) in [5, 5.41) is 14.0. The second-order valence-corrected chi connectivity index (χ2v) is 13.4. The summed E-state index contributed by atoms with van der Waals surface area (Å²) in [6.07, 6.45) is 8.61. The number of nitrogens with zero attached hydrogens (tertiary/aromatic N) is 6. The molecule has 2 amide bonds. The first kappa shape index (κ1) is 29.3. The van der Waals surface area contributed by atoms with Gasteiger partial charge in [-0.25, -0.2) is 9.97 Å². The average Bonchev–Trinajstić information content (AvgIpc) is 3.75. The third-order valence-electron chi connectivity index (χ3n) is 9.60. The van der Waals surface area contributed by atoms with Gasteiger partial charge in [-0.3, -0.25) is 19.8 Å². The van der Waals surface area contributed by atoms with Crippen molar-refractivity contribution in [1.82, 2.24) is 35.2 Å². The van der Waals surface area contributed by atoms with E-state index in [2.05, 4.69) is 68.9 Å². The van der Waals surface area contributed by atoms with E-state index in [1.165, 1.54) is 4.80 Å². The number of hydrogen-bond acceptors (Lipinski definition) is 10. The van der Waals surface area contributed by atoms with E-state index < -0.39 is 25.0 Å². The highest BCUT2D eigenvalue weighted by Gasteiger charge is 2.35. The van der Waals surface area contributed by atoms with Gasteiger partial charge in [-0.1, -0.05) is 44.2 Å². The standard InChI is InChI=1S/C38H38N8O4/c1-38(2,27-6-11-31(12-7-27)50-33-20-39-37(40-21-33)46-41-15-16-42-46)26-4-9-30(10-5-26)49-32-18-29(19-32)43-28-8-3-24-22-45(23-25(24)17-28)34-13-14-35(47)44-36(34)48/h3-12,15-17,20-21,29,32,34,43H,13-14,18-19,22-23H2,1-2H3,(H,44,47,48)/i22D,23D. The molecule has 0 spiro atoms. The zero-order valence-electron chi connectivity index (χ0n) is 29.7. The van der Waals surface area contributed by atoms with Crippen molar-refractivity contribution in [3.05, 3.63) is 114 Å². The van der Waals surface area contributed by atoms with Crippen LogP contribution in [-0.4, -0.2) is 59.9 Å². The van der Waals surface area contributed by atoms with Crippen LogP contribution < -0.4 is 20.1 Å². The Kier molecular flexibility index (Phi) is 7.63. The van der Waals surface area contributed by atoms with Crippen LogP contribution in [0.1, 0.15) is 64.5 Å². The van der Waals surface area contributed by atoms with Crippen molar-refractivity contribution in [2.45, 2.75) is 76.2 Å². The van der Waals surface area contributed by atoms with Crippen molar-refractivity contribution >= 4 is 17.5 Å². The van der Waals surface area contributed by atoms with Gasteiger partial charge in [0, 0.05) is 52.2 Å². The number of aromatic nitrogens is 5. The number of fused-ring (bicyclic) bond motifs is 1. The molecule has 1 aliphatic carbocycles. The third-order valence-corrected chi connectivity index (χ3v) is 9.60. The van der Waals surface area contributed by atoms with Gasteiger partial charge in [0.15, 0.2) is 5.75 Å². The van der Waals surface area contributed by atoms with Crippen LogP contribution in [0.3, 0.4) is 0 Å². The Bertz CT molecular complexity index is 2070. The Balaban J connectivity index is 0.829. The number of carbonyl (C=O) groups excluding carboxylic acids is 2. The van der Waals surface area contributed by atoms with Gasteiger partial charge >= 0.3 is 0 Å². The van der Waals surface area contributed by atoms with Gasteiger partial charge in [-0.15, -0.1) is 4.80 Å². The minimum Gasteiger partial charge on any atom is -0.490 e. The molecular weight excluding hydrogens is 632 g/mol. The van der Waals surface area contributed by atoms with Crippen LogP contribution in [0.5, 0.6) is 17.2 Å². The van der Waals surface area contributed by atoms with Crippen LogP contribution in [0, 0.1) is 0 Å². The number of imide groups is 1. The summed E-state index contributed by atoms with van der Waals surface area (Å²) >= 11 is 0. The molecule has 2 fully saturated rings. The van der Waals surface area contributed by atoms with Crippen LogP contribution in [0.25, 0.3) is 5.95 Å². The van der Waals surface area contributed by atoms with Crippen LogP contribution >= 0.6 is 0 Å². The summed E-state index contributed by atoms with van der Waals surface area (Å²) in [7, 11) is 0. The van der Waals surface area contributed by atoms with Crippen molar-refractivity contribution < 1.29 is 21.8 Å². The summed E-state index contributed by atoms with van der Waals surface area (Å²) in [6, 6.07) is 21.6. The summed E-state index contributed by atoms with van der Waals surface area (Å²) < 4.78 is 29.8. The molecule has 3 unspecified atom stereocenters. The molecular formula is C38H38N8O4. The predicted molar refractivity (Wildman–Crippen MR) is 185 cm³/mol. The fraction of sp³-hybridized carbons (Fsp3) is 0.316. The number of rotatable bonds is 10. The molecule has 3 atom stereocenters. The van der Waals surface area contributed by atoms with Crippen LogP contribution in [0.15, 0.2) is 91.5 Å². The van der Waals surface area contributed by atoms with Crippen molar-refractivity contribution in [2.24, 2.45) is 0 Å². The topological polar surface area (TPSA) is 136 Å². The van der Waals surface area contributed by atoms with Gasteiger partial charge in [-0.2, -0.15) is 10.2 Å². The molecule has 50 heavy (non-hydrogen) atoms. The maximum absolute atomic E-state index is 12.5. The lowest BCUT2D eigenvalue weighted by atomic mass is 9.78. The number of ether oxygens (including phenoxy) is 2. The second kappa shape index (κ2) is 13.0. The Hall–Kier alpha value is -5.62. The van der Waals surface area contributed by atoms with E-state index in [9.17, 15) is 9.59 Å². The molecule has 0 radical (unpaired) electrons. The zero-order chi connectivity index (χ0) is 36.0. The van der Waals surface area contributed by atoms with Gasteiger partial charge < -0.3 is 14.8 Å². The summed E-state index contributed by atoms with van der Waals surface area (Å²) in [5.74, 6) is 1.66. The number of carbonyl (C=O) groups is 2. The Morgan fingerprint density at radius 3 is 2.20 bits per heavy atom. The molecule has 0 bridgehead atoms. The van der Waals surface area contributed by atoms with Crippen LogP contribution in [0.4, 0.5) is 5.69 Å². The summed E-state index contributed by atoms with van der Waals surface area (Å²) in [4.78, 5) is 35.6. The van der Waals surface area contributed by atoms with Gasteiger partial charge in [-0.05, 0) is 65.1 Å². The fourth-order valence-electron chi connectivity index (χ4n) is 6.58. The van der Waals surface area contributed by atoms with E-state index in [0.717, 1.165) is 46.5 Å². The molecule has 2 aliphatic heterocycles. The maximum Gasteiger partial charge on any atom is 0.268 e. The van der Waals surface area contributed by atoms with Gasteiger partial charge in [0.05, 0.1) is 30.8 Å². The van der Waals surface area contributed by atoms with Crippen molar-refractivity contribution in [3.63, 3.8) is 0 Å². The van der Waals surface area contributed by atoms with Gasteiger partial charge in [0.2, 0.25) is 11.8 Å². The number of nitrogens with one attached hydrogen (secondary N) is 2. The molecule has 2 N–H and O–H groups in total. The maximum atomic E-state index is 12.5. The highest BCUT2D eigenvalue weighted by molar-refractivity contribution is 6.00. The minimum absolute atomic E-state index is 0.0896. The summed E-state index contributed by atoms with van der Waals surface area (Å²) in [5.41, 5.74) is 4.37. The molecule has 8 rings (SSSR count). The van der Waals surface area contributed by atoms with E-state index in [1.54, 1.807) is 29.7 Å². The second-order valence-electron chi connectivity index (χ2n) is 13.4. The lowest BCUT2D eigenvalue weighted by molar-refractivity contribution is -0.137. The highest BCUT2D eigenvalue weighted by atomic mass is 16.5. The lowest BCUT2D eigenvalue weighted by Crippen LogP contribution is -2.50. The quantitative estimate of drug-likeness (QED) is 0.188. The largest absolute Gasteiger partial charge is 0.490 e. The van der Waals surface area contributed by atoms with Crippen molar-refractivity contribution in [1.29, 1.82) is 0 Å². The zero-order valence-corrected chi connectivity index (χ0v) is 27.7. The molecule has 2 aromatic heterocycles. The smallest absolute Gasteiger partial charge is 0.268 e. The number of amides is 2. The predicted octanol–water partition coefficient (Wildman–Crippen LogP) is 5.32. The molecule has 5 aromatic rings. The first-order valence-electron chi connectivity index (χ1n) is 17.9. The molecule has 3 aliphatic rings. The normalized spacial score (nSPS) is 24.0. The molecule has 4 heterocycles. The minimum atomic E-state index is -0.848. The molecule has 3 aromatic carbocycles. The molecule has 12 heteroatoms. The number of piperidine rings is 1. The van der Waals surface area contributed by atoms with Gasteiger partial charge in [0.1, 0.15) is 17.6 Å². The van der Waals surface area contributed by atoms with Crippen LogP contribution in [-0.2, 0) is 28.0 Å². The summed E-state index contributed by atoms with van der Waals surface area (Å²) in [6.45, 7) is 2.70. The van der Waals surface area contributed by atoms with E-state index in [4.69, 9.17) is 12.2 Å². The molecule has 254 valence electrons. The van der Waals surface area contributed by atoms with Crippen LogP contribution in [0.2, 0.25) is 0 Å². The Labute approximate surface area is 292 Å². The average molecular weight is 673 g/mol. The third kappa shape index (κ3) is 6.53. The first-order valence-corrected chi connectivity index (χ1v) is 16.7. The van der Waals surface area contributed by atoms with E-state index in [0.29, 0.717) is 23.9 Å². The monoisotopic (exact) mass is 672 g/mol. The van der Waals surface area contributed by atoms with E-state index >= 15 is 0 Å². The van der Waals surface area contributed by atoms with Crippen molar-refractivity contribution in [3.8, 4) is 23.2 Å². The Morgan fingerprint density at radius 1 is 0.860 bits per heavy atom. The molecule has 12 nitrogen and oxygen atoms in total. The molecule has 1 saturated heterocycles. The van der Waals surface area contributed by atoms with Crippen molar-refractivity contribution in [2.75, 3.05) is 5.32 Å². The lowest BCUT2D eigenvalue weighted by Gasteiger charge is -2.36. The number of hydrogen-bond donors (Lipinski definition) is 2. The van der Waals surface area contributed by atoms with E-state index in [-0.39, 0.29) is 29.9 Å². The molecule has 1 saturated carbocycles. The van der Waals surface area contributed by atoms with E-state index in [1.807, 2.05) is 42.5 Å². The number of anilines is 1. The Morgan fingerprint density at radius 2 is 1.52 bits per heavy atom. The number of benzene rings is 3. The first-order chi connectivity index (χ1) is 25.1. The highest BCUT2D eigenvalue weighted by Crippen LogP contribution is 2.36. The fourth-order valence-corrected chi connectivity index (χ4v) is 6.58.